The molecule has 0 atom stereocenters. The minimum absolute atomic E-state index is 0.241. The van der Waals surface area contributed by atoms with Crippen LogP contribution in [-0.4, -0.2) is 24.0 Å². The average Bonchev–Trinajstić information content (AvgIpc) is 2.76. The summed E-state index contributed by atoms with van der Waals surface area (Å²) in [6.07, 6.45) is 1.28. The molecular formula is C23H18ClN3O4. The van der Waals surface area contributed by atoms with Crippen molar-refractivity contribution >= 4 is 41.3 Å². The van der Waals surface area contributed by atoms with Gasteiger partial charge in [-0.3, -0.25) is 9.59 Å². The van der Waals surface area contributed by atoms with Gasteiger partial charge in [0.2, 0.25) is 0 Å². The quantitative estimate of drug-likeness (QED) is 0.208. The highest BCUT2D eigenvalue weighted by atomic mass is 35.5. The highest BCUT2D eigenvalue weighted by Gasteiger charge is 2.14. The normalized spacial score (nSPS) is 10.5. The van der Waals surface area contributed by atoms with Gasteiger partial charge in [-0.15, -0.1) is 0 Å². The molecule has 0 radical (unpaired) electrons. The van der Waals surface area contributed by atoms with Crippen molar-refractivity contribution in [2.24, 2.45) is 5.10 Å². The van der Waals surface area contributed by atoms with E-state index in [0.29, 0.717) is 21.8 Å². The molecule has 2 amide bonds. The lowest BCUT2D eigenvalue weighted by Gasteiger charge is -2.08. The van der Waals surface area contributed by atoms with Crippen LogP contribution in [0, 0.1) is 6.92 Å². The zero-order valence-corrected chi connectivity index (χ0v) is 17.2. The van der Waals surface area contributed by atoms with E-state index >= 15 is 0 Å². The molecule has 0 saturated carbocycles. The third-order valence-corrected chi connectivity index (χ3v) is 4.42. The van der Waals surface area contributed by atoms with Crippen LogP contribution in [0.3, 0.4) is 0 Å². The number of anilines is 1. The number of benzene rings is 3. The monoisotopic (exact) mass is 435 g/mol. The Labute approximate surface area is 183 Å². The molecule has 7 nitrogen and oxygen atoms in total. The molecule has 156 valence electrons. The summed E-state index contributed by atoms with van der Waals surface area (Å²) in [6, 6.07) is 20.0. The van der Waals surface area contributed by atoms with Gasteiger partial charge in [-0.25, -0.2) is 10.2 Å². The Morgan fingerprint density at radius 2 is 1.58 bits per heavy atom. The second-order valence-electron chi connectivity index (χ2n) is 6.40. The zero-order valence-electron chi connectivity index (χ0n) is 16.5. The number of carbonyl (C=O) groups excluding carboxylic acids is 3. The topological polar surface area (TPSA) is 96.9 Å². The van der Waals surface area contributed by atoms with Crippen LogP contribution in [-0.2, 0) is 9.59 Å². The first-order valence-corrected chi connectivity index (χ1v) is 9.58. The molecule has 0 aliphatic carbocycles. The van der Waals surface area contributed by atoms with Gasteiger partial charge < -0.3 is 10.1 Å². The van der Waals surface area contributed by atoms with E-state index < -0.39 is 17.8 Å². The summed E-state index contributed by atoms with van der Waals surface area (Å²) in [7, 11) is 0. The molecule has 8 heteroatoms. The number of ether oxygens (including phenoxy) is 1. The molecule has 0 saturated heterocycles. The average molecular weight is 436 g/mol. The summed E-state index contributed by atoms with van der Waals surface area (Å²) < 4.78 is 5.40. The largest absolute Gasteiger partial charge is 0.422 e. The summed E-state index contributed by atoms with van der Waals surface area (Å²) in [5.74, 6) is -2.12. The Hall–Kier alpha value is -3.97. The van der Waals surface area contributed by atoms with Gasteiger partial charge in [0, 0.05) is 16.3 Å². The second kappa shape index (κ2) is 10.2. The van der Waals surface area contributed by atoms with Crippen LogP contribution in [0.15, 0.2) is 77.9 Å². The number of hydrogen-bond donors (Lipinski definition) is 2. The lowest BCUT2D eigenvalue weighted by molar-refractivity contribution is -0.136. The Balaban J connectivity index is 1.62. The van der Waals surface area contributed by atoms with Gasteiger partial charge >= 0.3 is 17.8 Å². The second-order valence-corrected chi connectivity index (χ2v) is 6.84. The van der Waals surface area contributed by atoms with Gasteiger partial charge in [0.05, 0.1) is 11.8 Å². The van der Waals surface area contributed by atoms with Crippen LogP contribution in [0.2, 0.25) is 5.02 Å². The number of nitrogens with one attached hydrogen (secondary N) is 2. The van der Waals surface area contributed by atoms with Crippen LogP contribution in [0.1, 0.15) is 21.5 Å². The first-order valence-electron chi connectivity index (χ1n) is 9.21. The number of nitrogens with zero attached hydrogens (tertiary/aromatic N) is 1. The van der Waals surface area contributed by atoms with E-state index in [4.69, 9.17) is 16.3 Å². The predicted octanol–water partition coefficient (Wildman–Crippen LogP) is 3.96. The number of aryl methyl sites for hydroxylation is 1. The van der Waals surface area contributed by atoms with Gasteiger partial charge in [0.1, 0.15) is 5.75 Å². The maximum atomic E-state index is 12.3. The summed E-state index contributed by atoms with van der Waals surface area (Å²) in [5, 5.41) is 6.81. The maximum Gasteiger partial charge on any atom is 0.343 e. The number of amides is 2. The summed E-state index contributed by atoms with van der Waals surface area (Å²) in [4.78, 5) is 36.3. The Morgan fingerprint density at radius 1 is 0.903 bits per heavy atom. The molecule has 2 N–H and O–H groups in total. The van der Waals surface area contributed by atoms with Gasteiger partial charge in [0.15, 0.2) is 0 Å². The van der Waals surface area contributed by atoms with Crippen molar-refractivity contribution in [3.63, 3.8) is 0 Å². The number of carbonyl (C=O) groups is 3. The molecule has 0 unspecified atom stereocenters. The molecule has 0 fully saturated rings. The van der Waals surface area contributed by atoms with Crippen molar-refractivity contribution in [3.05, 3.63) is 94.5 Å². The van der Waals surface area contributed by atoms with Gasteiger partial charge in [-0.05, 0) is 55.0 Å². The molecule has 0 heterocycles. The molecule has 3 aromatic carbocycles. The van der Waals surface area contributed by atoms with Crippen LogP contribution in [0.5, 0.6) is 5.75 Å². The third-order valence-electron chi connectivity index (χ3n) is 4.17. The summed E-state index contributed by atoms with van der Waals surface area (Å²) in [5.41, 5.74) is 4.27. The zero-order chi connectivity index (χ0) is 22.2. The Kier molecular flexibility index (Phi) is 7.13. The van der Waals surface area contributed by atoms with Crippen molar-refractivity contribution in [1.29, 1.82) is 0 Å². The van der Waals surface area contributed by atoms with Gasteiger partial charge in [-0.1, -0.05) is 41.9 Å². The van der Waals surface area contributed by atoms with E-state index in [-0.39, 0.29) is 5.75 Å². The Bertz CT molecular complexity index is 1140. The Morgan fingerprint density at radius 3 is 2.32 bits per heavy atom. The standard InChI is InChI=1S/C23H18ClN3O4/c1-15-6-2-4-8-19(15)26-21(28)22(29)27-25-14-17-7-3-5-9-20(17)31-23(30)16-10-12-18(24)13-11-16/h2-14H,1H3,(H,26,28)(H,27,29)/b25-14+. The number of rotatable bonds is 5. The van der Waals surface area contributed by atoms with Crippen LogP contribution in [0.4, 0.5) is 5.69 Å². The highest BCUT2D eigenvalue weighted by Crippen LogP contribution is 2.18. The fourth-order valence-corrected chi connectivity index (χ4v) is 2.65. The smallest absolute Gasteiger partial charge is 0.343 e. The molecular weight excluding hydrogens is 418 g/mol. The molecule has 3 rings (SSSR count). The highest BCUT2D eigenvalue weighted by molar-refractivity contribution is 6.39. The molecule has 31 heavy (non-hydrogen) atoms. The van der Waals surface area contributed by atoms with E-state index in [1.54, 1.807) is 60.7 Å². The van der Waals surface area contributed by atoms with Crippen LogP contribution >= 0.6 is 11.6 Å². The first-order chi connectivity index (χ1) is 14.9. The van der Waals surface area contributed by atoms with E-state index in [1.807, 2.05) is 19.1 Å². The van der Waals surface area contributed by atoms with Gasteiger partial charge in [-0.2, -0.15) is 5.10 Å². The molecule has 3 aromatic rings. The molecule has 0 bridgehead atoms. The van der Waals surface area contributed by atoms with Crippen molar-refractivity contribution in [1.82, 2.24) is 5.43 Å². The number of para-hydroxylation sites is 2. The fourth-order valence-electron chi connectivity index (χ4n) is 2.53. The molecule has 0 aromatic heterocycles. The molecule has 0 spiro atoms. The number of hydrazone groups is 1. The van der Waals surface area contributed by atoms with Crippen molar-refractivity contribution in [2.75, 3.05) is 5.32 Å². The fraction of sp³-hybridized carbons (Fsp3) is 0.0435. The minimum Gasteiger partial charge on any atom is -0.422 e. The summed E-state index contributed by atoms with van der Waals surface area (Å²) in [6.45, 7) is 1.81. The number of hydrogen-bond acceptors (Lipinski definition) is 5. The lowest BCUT2D eigenvalue weighted by Crippen LogP contribution is -2.32. The first kappa shape index (κ1) is 21.7. The van der Waals surface area contributed by atoms with Crippen molar-refractivity contribution < 1.29 is 19.1 Å². The SMILES string of the molecule is Cc1ccccc1NC(=O)C(=O)N/N=C/c1ccccc1OC(=O)c1ccc(Cl)cc1. The van der Waals surface area contributed by atoms with Crippen LogP contribution in [0.25, 0.3) is 0 Å². The summed E-state index contributed by atoms with van der Waals surface area (Å²) >= 11 is 5.83. The van der Waals surface area contributed by atoms with Crippen LogP contribution < -0.4 is 15.5 Å². The van der Waals surface area contributed by atoms with Crippen molar-refractivity contribution in [2.45, 2.75) is 6.92 Å². The van der Waals surface area contributed by atoms with E-state index in [1.165, 1.54) is 6.21 Å². The lowest BCUT2D eigenvalue weighted by atomic mass is 10.2. The molecule has 0 aliphatic heterocycles. The van der Waals surface area contributed by atoms with Crippen molar-refractivity contribution in [3.8, 4) is 5.75 Å². The number of halogens is 1. The van der Waals surface area contributed by atoms with Gasteiger partial charge in [0.25, 0.3) is 0 Å². The van der Waals surface area contributed by atoms with E-state index in [9.17, 15) is 14.4 Å². The van der Waals surface area contributed by atoms with E-state index in [0.717, 1.165) is 5.56 Å². The van der Waals surface area contributed by atoms with E-state index in [2.05, 4.69) is 15.8 Å². The molecule has 0 aliphatic rings. The maximum absolute atomic E-state index is 12.3. The minimum atomic E-state index is -0.935. The predicted molar refractivity (Wildman–Crippen MR) is 118 cm³/mol. The third kappa shape index (κ3) is 6.01. The number of esters is 1.